The SMILES string of the molecule is COCC(C)(C)c1c([C@H]2CC[C@](OC)(C(=O)O)CC2)c2c(F)c3[nH]ncc3cc2n1-c1ccc(F)c(F)c1. The number of aromatic amines is 1. The van der Waals surface area contributed by atoms with Crippen LogP contribution >= 0.6 is 0 Å². The quantitative estimate of drug-likeness (QED) is 0.308. The lowest BCUT2D eigenvalue weighted by atomic mass is 9.73. The van der Waals surface area contributed by atoms with Crippen molar-refractivity contribution in [3.05, 3.63) is 59.2 Å². The standard InChI is InChI=1S/C28H30F3N3O4/c1-27(2,14-37-3)25-21(15-7-9-28(38-4,10-8-15)26(35)36)22-20(11-16-13-32-33-24(16)23(22)31)34(25)17-5-6-18(29)19(30)12-17/h5-6,11-13,15H,7-10,14H2,1-4H3,(H,32,33)(H,35,36)/t15-,28+. The van der Waals surface area contributed by atoms with Crippen molar-refractivity contribution in [3.63, 3.8) is 0 Å². The molecule has 0 radical (unpaired) electrons. The average Bonchev–Trinajstić information content (AvgIpc) is 3.49. The van der Waals surface area contributed by atoms with Crippen LogP contribution < -0.4 is 0 Å². The fraction of sp³-hybridized carbons (Fsp3) is 0.429. The molecule has 2 aromatic heterocycles. The van der Waals surface area contributed by atoms with Gasteiger partial charge in [-0.2, -0.15) is 5.10 Å². The Morgan fingerprint density at radius 1 is 1.18 bits per heavy atom. The van der Waals surface area contributed by atoms with Crippen LogP contribution in [0.15, 0.2) is 30.5 Å². The first-order valence-electron chi connectivity index (χ1n) is 12.5. The second-order valence-electron chi connectivity index (χ2n) is 10.7. The second-order valence-corrected chi connectivity index (χ2v) is 10.7. The fourth-order valence-corrected chi connectivity index (χ4v) is 6.09. The number of benzene rings is 2. The highest BCUT2D eigenvalue weighted by atomic mass is 19.2. The van der Waals surface area contributed by atoms with E-state index in [2.05, 4.69) is 10.2 Å². The van der Waals surface area contributed by atoms with Gasteiger partial charge in [-0.3, -0.25) is 5.10 Å². The van der Waals surface area contributed by atoms with Gasteiger partial charge in [-0.15, -0.1) is 0 Å². The molecule has 0 spiro atoms. The Hall–Kier alpha value is -3.37. The molecule has 38 heavy (non-hydrogen) atoms. The van der Waals surface area contributed by atoms with E-state index in [1.807, 2.05) is 13.8 Å². The highest BCUT2D eigenvalue weighted by Gasteiger charge is 2.45. The number of methoxy groups -OCH3 is 2. The number of carboxylic acid groups (broad SMARTS) is 1. The van der Waals surface area contributed by atoms with Crippen molar-refractivity contribution in [2.75, 3.05) is 20.8 Å². The molecular weight excluding hydrogens is 499 g/mol. The number of hydrogen-bond donors (Lipinski definition) is 2. The van der Waals surface area contributed by atoms with Gasteiger partial charge in [-0.1, -0.05) is 13.8 Å². The predicted molar refractivity (Wildman–Crippen MR) is 136 cm³/mol. The Balaban J connectivity index is 1.85. The normalized spacial score (nSPS) is 20.4. The van der Waals surface area contributed by atoms with E-state index in [4.69, 9.17) is 9.47 Å². The minimum Gasteiger partial charge on any atom is -0.479 e. The van der Waals surface area contributed by atoms with E-state index in [9.17, 15) is 18.7 Å². The topological polar surface area (TPSA) is 89.4 Å². The summed E-state index contributed by atoms with van der Waals surface area (Å²) in [6.07, 6.45) is 2.89. The van der Waals surface area contributed by atoms with Gasteiger partial charge in [-0.05, 0) is 55.4 Å². The molecule has 0 saturated heterocycles. The van der Waals surface area contributed by atoms with Gasteiger partial charge in [0.25, 0.3) is 0 Å². The summed E-state index contributed by atoms with van der Waals surface area (Å²) >= 11 is 0. The maximum atomic E-state index is 16.3. The molecule has 1 fully saturated rings. The van der Waals surface area contributed by atoms with Crippen molar-refractivity contribution >= 4 is 27.8 Å². The number of nitrogens with zero attached hydrogens (tertiary/aromatic N) is 2. The number of carboxylic acids is 1. The van der Waals surface area contributed by atoms with E-state index in [1.54, 1.807) is 17.7 Å². The van der Waals surface area contributed by atoms with E-state index in [0.29, 0.717) is 46.1 Å². The number of ether oxygens (including phenoxy) is 2. The van der Waals surface area contributed by atoms with Gasteiger partial charge in [0.05, 0.1) is 18.3 Å². The van der Waals surface area contributed by atoms with Crippen LogP contribution in [0.3, 0.4) is 0 Å². The molecule has 1 saturated carbocycles. The highest BCUT2D eigenvalue weighted by molar-refractivity contribution is 6.00. The Labute approximate surface area is 217 Å². The van der Waals surface area contributed by atoms with Crippen molar-refractivity contribution in [1.29, 1.82) is 0 Å². The van der Waals surface area contributed by atoms with Gasteiger partial charge in [-0.25, -0.2) is 18.0 Å². The third kappa shape index (κ3) is 3.97. The first kappa shape index (κ1) is 26.2. The molecule has 0 atom stereocenters. The molecule has 7 nitrogen and oxygen atoms in total. The average molecular weight is 530 g/mol. The highest BCUT2D eigenvalue weighted by Crippen LogP contribution is 2.49. The lowest BCUT2D eigenvalue weighted by molar-refractivity contribution is -0.166. The zero-order valence-corrected chi connectivity index (χ0v) is 21.7. The molecule has 2 heterocycles. The van der Waals surface area contributed by atoms with E-state index in [0.717, 1.165) is 12.1 Å². The molecule has 2 N–H and O–H groups in total. The summed E-state index contributed by atoms with van der Waals surface area (Å²) in [5.41, 5.74) is 0.486. The van der Waals surface area contributed by atoms with Crippen LogP contribution in [-0.4, -0.2) is 52.3 Å². The number of nitrogens with one attached hydrogen (secondary N) is 1. The molecule has 2 aromatic carbocycles. The zero-order valence-electron chi connectivity index (χ0n) is 21.7. The number of hydrogen-bond acceptors (Lipinski definition) is 4. The first-order chi connectivity index (χ1) is 18.0. The number of carbonyl (C=O) groups is 1. The molecule has 5 rings (SSSR count). The Morgan fingerprint density at radius 2 is 1.89 bits per heavy atom. The number of fused-ring (bicyclic) bond motifs is 2. The van der Waals surface area contributed by atoms with Gasteiger partial charge < -0.3 is 19.1 Å². The summed E-state index contributed by atoms with van der Waals surface area (Å²) in [6.45, 7) is 4.18. The van der Waals surface area contributed by atoms with Gasteiger partial charge in [0.15, 0.2) is 23.1 Å². The molecule has 1 aliphatic rings. The van der Waals surface area contributed by atoms with Crippen molar-refractivity contribution in [1.82, 2.24) is 14.8 Å². The van der Waals surface area contributed by atoms with Crippen LogP contribution in [0, 0.1) is 17.5 Å². The van der Waals surface area contributed by atoms with Crippen LogP contribution in [-0.2, 0) is 19.7 Å². The summed E-state index contributed by atoms with van der Waals surface area (Å²) in [5.74, 6) is -3.73. The van der Waals surface area contributed by atoms with Gasteiger partial charge in [0.1, 0.15) is 5.52 Å². The monoisotopic (exact) mass is 529 g/mol. The molecule has 10 heteroatoms. The number of aliphatic carboxylic acids is 1. The third-order valence-electron chi connectivity index (χ3n) is 7.93. The van der Waals surface area contributed by atoms with Gasteiger partial charge in [0.2, 0.25) is 0 Å². The van der Waals surface area contributed by atoms with Crippen LogP contribution in [0.2, 0.25) is 0 Å². The maximum absolute atomic E-state index is 16.3. The summed E-state index contributed by atoms with van der Waals surface area (Å²) < 4.78 is 57.5. The Bertz CT molecular complexity index is 1530. The number of aromatic nitrogens is 3. The summed E-state index contributed by atoms with van der Waals surface area (Å²) in [7, 11) is 2.97. The zero-order chi connectivity index (χ0) is 27.4. The second kappa shape index (κ2) is 9.43. The molecular formula is C28H30F3N3O4. The van der Waals surface area contributed by atoms with Gasteiger partial charge >= 0.3 is 5.97 Å². The van der Waals surface area contributed by atoms with Crippen molar-refractivity contribution in [2.45, 2.75) is 56.5 Å². The van der Waals surface area contributed by atoms with Crippen LogP contribution in [0.25, 0.3) is 27.5 Å². The van der Waals surface area contributed by atoms with E-state index in [-0.39, 0.29) is 30.9 Å². The third-order valence-corrected chi connectivity index (χ3v) is 7.93. The van der Waals surface area contributed by atoms with E-state index < -0.39 is 34.4 Å². The van der Waals surface area contributed by atoms with Crippen LogP contribution in [0.4, 0.5) is 13.2 Å². The number of H-pyrrole nitrogens is 1. The van der Waals surface area contributed by atoms with E-state index >= 15 is 4.39 Å². The number of rotatable bonds is 7. The number of halogens is 3. The van der Waals surface area contributed by atoms with Crippen molar-refractivity contribution in [3.8, 4) is 5.69 Å². The fourth-order valence-electron chi connectivity index (χ4n) is 6.09. The van der Waals surface area contributed by atoms with Crippen LogP contribution in [0.1, 0.15) is 56.7 Å². The lowest BCUT2D eigenvalue weighted by Crippen LogP contribution is -2.43. The smallest absolute Gasteiger partial charge is 0.335 e. The van der Waals surface area contributed by atoms with Crippen molar-refractivity contribution in [2.24, 2.45) is 0 Å². The Morgan fingerprint density at radius 3 is 2.50 bits per heavy atom. The Kier molecular flexibility index (Phi) is 6.51. The molecule has 0 unspecified atom stereocenters. The minimum atomic E-state index is -1.30. The molecule has 202 valence electrons. The molecule has 0 bridgehead atoms. The first-order valence-corrected chi connectivity index (χ1v) is 12.5. The molecule has 0 amide bonds. The lowest BCUT2D eigenvalue weighted by Gasteiger charge is -2.37. The molecule has 4 aromatic rings. The van der Waals surface area contributed by atoms with Crippen molar-refractivity contribution < 1.29 is 32.5 Å². The molecule has 1 aliphatic carbocycles. The van der Waals surface area contributed by atoms with E-state index in [1.165, 1.54) is 19.4 Å². The van der Waals surface area contributed by atoms with Crippen LogP contribution in [0.5, 0.6) is 0 Å². The summed E-state index contributed by atoms with van der Waals surface area (Å²) in [4.78, 5) is 12.0. The summed E-state index contributed by atoms with van der Waals surface area (Å²) in [5, 5.41) is 17.4. The minimum absolute atomic E-state index is 0.215. The molecule has 0 aliphatic heterocycles. The maximum Gasteiger partial charge on any atom is 0.335 e. The largest absolute Gasteiger partial charge is 0.479 e. The predicted octanol–water partition coefficient (Wildman–Crippen LogP) is 5.98. The van der Waals surface area contributed by atoms with Gasteiger partial charge in [0, 0.05) is 47.9 Å². The summed E-state index contributed by atoms with van der Waals surface area (Å²) in [6, 6.07) is 5.40.